The van der Waals surface area contributed by atoms with Crippen LogP contribution in [0.25, 0.3) is 0 Å². The van der Waals surface area contributed by atoms with Crippen LogP contribution in [0.15, 0.2) is 36.1 Å². The summed E-state index contributed by atoms with van der Waals surface area (Å²) in [6.07, 6.45) is 4.04. The van der Waals surface area contributed by atoms with Crippen LogP contribution in [-0.2, 0) is 0 Å². The lowest BCUT2D eigenvalue weighted by Gasteiger charge is -1.87. The monoisotopic (exact) mass is 172 g/mol. The zero-order chi connectivity index (χ0) is 7.66. The average molecular weight is 172 g/mol. The van der Waals surface area contributed by atoms with Gasteiger partial charge < -0.3 is 0 Å². The molecule has 0 aromatic heterocycles. The Kier molecular flexibility index (Phi) is 8.85. The molecule has 0 aliphatic carbocycles. The second kappa shape index (κ2) is 8.92. The van der Waals surface area contributed by atoms with E-state index in [1.807, 2.05) is 28.7 Å². The number of hydrogen-bond donors (Lipinski definition) is 0. The van der Waals surface area contributed by atoms with E-state index in [1.54, 1.807) is 11.8 Å². The van der Waals surface area contributed by atoms with Crippen LogP contribution in [0.2, 0.25) is 0 Å². The SMILES string of the molecule is C=CCSC/C=C/SC=C. The third-order valence-corrected chi connectivity index (χ3v) is 2.16. The Morgan fingerprint density at radius 3 is 2.60 bits per heavy atom. The van der Waals surface area contributed by atoms with E-state index in [2.05, 4.69) is 19.2 Å². The van der Waals surface area contributed by atoms with E-state index in [-0.39, 0.29) is 0 Å². The summed E-state index contributed by atoms with van der Waals surface area (Å²) in [4.78, 5) is 0. The lowest BCUT2D eigenvalue weighted by Crippen LogP contribution is -1.71. The predicted molar refractivity (Wildman–Crippen MR) is 54.5 cm³/mol. The topological polar surface area (TPSA) is 0 Å². The van der Waals surface area contributed by atoms with Crippen molar-refractivity contribution >= 4 is 23.5 Å². The molecule has 0 rings (SSSR count). The molecule has 0 aromatic carbocycles. The highest BCUT2D eigenvalue weighted by molar-refractivity contribution is 8.05. The Bertz CT molecular complexity index is 116. The zero-order valence-electron chi connectivity index (χ0n) is 5.95. The van der Waals surface area contributed by atoms with Crippen molar-refractivity contribution in [3.05, 3.63) is 36.1 Å². The van der Waals surface area contributed by atoms with Gasteiger partial charge in [0.2, 0.25) is 0 Å². The first-order chi connectivity index (χ1) is 4.91. The number of hydrogen-bond acceptors (Lipinski definition) is 2. The van der Waals surface area contributed by atoms with Gasteiger partial charge in [0, 0.05) is 11.5 Å². The molecule has 0 fully saturated rings. The molecule has 0 saturated carbocycles. The highest BCUT2D eigenvalue weighted by Crippen LogP contribution is 2.05. The van der Waals surface area contributed by atoms with Crippen molar-refractivity contribution < 1.29 is 0 Å². The van der Waals surface area contributed by atoms with Crippen LogP contribution < -0.4 is 0 Å². The van der Waals surface area contributed by atoms with Crippen molar-refractivity contribution in [2.24, 2.45) is 0 Å². The summed E-state index contributed by atoms with van der Waals surface area (Å²) in [5, 5.41) is 3.86. The summed E-state index contributed by atoms with van der Waals surface area (Å²) in [5.41, 5.74) is 0. The average Bonchev–Trinajstić information content (AvgIpc) is 1.97. The molecule has 0 radical (unpaired) electrons. The molecule has 56 valence electrons. The van der Waals surface area contributed by atoms with Gasteiger partial charge >= 0.3 is 0 Å². The first-order valence-corrected chi connectivity index (χ1v) is 5.11. The Morgan fingerprint density at radius 1 is 1.20 bits per heavy atom. The van der Waals surface area contributed by atoms with Crippen LogP contribution in [0.4, 0.5) is 0 Å². The van der Waals surface area contributed by atoms with E-state index >= 15 is 0 Å². The van der Waals surface area contributed by atoms with Gasteiger partial charge in [-0.1, -0.05) is 18.7 Å². The molecular formula is C8H12S2. The van der Waals surface area contributed by atoms with E-state index in [9.17, 15) is 0 Å². The fourth-order valence-corrected chi connectivity index (χ4v) is 1.35. The lowest BCUT2D eigenvalue weighted by atomic mass is 10.7. The van der Waals surface area contributed by atoms with Gasteiger partial charge in [0.25, 0.3) is 0 Å². The minimum absolute atomic E-state index is 1.03. The summed E-state index contributed by atoms with van der Waals surface area (Å²) in [6.45, 7) is 7.21. The third-order valence-electron chi connectivity index (χ3n) is 0.721. The fourth-order valence-electron chi connectivity index (χ4n) is 0.370. The molecule has 0 bridgehead atoms. The maximum absolute atomic E-state index is 3.63. The van der Waals surface area contributed by atoms with Gasteiger partial charge in [0.1, 0.15) is 0 Å². The summed E-state index contributed by atoms with van der Waals surface area (Å²) in [7, 11) is 0. The van der Waals surface area contributed by atoms with Gasteiger partial charge in [-0.25, -0.2) is 0 Å². The molecule has 0 atom stereocenters. The van der Waals surface area contributed by atoms with Crippen molar-refractivity contribution in [2.75, 3.05) is 11.5 Å². The van der Waals surface area contributed by atoms with Crippen molar-refractivity contribution in [1.29, 1.82) is 0 Å². The third kappa shape index (κ3) is 7.92. The van der Waals surface area contributed by atoms with E-state index in [1.165, 1.54) is 0 Å². The van der Waals surface area contributed by atoms with Crippen molar-refractivity contribution in [3.63, 3.8) is 0 Å². The maximum Gasteiger partial charge on any atom is 0.0124 e. The molecular weight excluding hydrogens is 160 g/mol. The highest BCUT2D eigenvalue weighted by atomic mass is 32.2. The molecule has 0 aliphatic heterocycles. The van der Waals surface area contributed by atoms with Crippen LogP contribution in [0.5, 0.6) is 0 Å². The molecule has 0 nitrogen and oxygen atoms in total. The maximum atomic E-state index is 3.63. The quantitative estimate of drug-likeness (QED) is 0.445. The summed E-state index contributed by atoms with van der Waals surface area (Å²) in [5.74, 6) is 2.09. The molecule has 0 spiro atoms. The molecule has 0 N–H and O–H groups in total. The summed E-state index contributed by atoms with van der Waals surface area (Å²) >= 11 is 3.46. The van der Waals surface area contributed by atoms with Gasteiger partial charge in [0.15, 0.2) is 0 Å². The number of thioether (sulfide) groups is 2. The van der Waals surface area contributed by atoms with Crippen LogP contribution in [0.3, 0.4) is 0 Å². The van der Waals surface area contributed by atoms with Crippen LogP contribution >= 0.6 is 23.5 Å². The number of rotatable bonds is 6. The minimum Gasteiger partial charge on any atom is -0.154 e. The molecule has 0 unspecified atom stereocenters. The molecule has 0 aromatic rings. The van der Waals surface area contributed by atoms with Gasteiger partial charge in [-0.15, -0.1) is 18.3 Å². The molecule has 10 heavy (non-hydrogen) atoms. The van der Waals surface area contributed by atoms with Crippen LogP contribution in [0, 0.1) is 0 Å². The Hall–Kier alpha value is -0.0800. The fraction of sp³-hybridized carbons (Fsp3) is 0.250. The zero-order valence-corrected chi connectivity index (χ0v) is 7.59. The highest BCUT2D eigenvalue weighted by Gasteiger charge is 1.77. The lowest BCUT2D eigenvalue weighted by molar-refractivity contribution is 1.74. The van der Waals surface area contributed by atoms with Crippen molar-refractivity contribution in [3.8, 4) is 0 Å². The van der Waals surface area contributed by atoms with Gasteiger partial charge in [0.05, 0.1) is 0 Å². The van der Waals surface area contributed by atoms with Gasteiger partial charge in [-0.3, -0.25) is 0 Å². The molecule has 0 saturated heterocycles. The second-order valence-electron chi connectivity index (χ2n) is 1.50. The first-order valence-electron chi connectivity index (χ1n) is 3.02. The van der Waals surface area contributed by atoms with Crippen molar-refractivity contribution in [1.82, 2.24) is 0 Å². The molecule has 0 amide bonds. The van der Waals surface area contributed by atoms with Crippen LogP contribution in [0.1, 0.15) is 0 Å². The molecule has 0 aliphatic rings. The van der Waals surface area contributed by atoms with E-state index in [0.29, 0.717) is 0 Å². The molecule has 0 heterocycles. The van der Waals surface area contributed by atoms with Gasteiger partial charge in [-0.2, -0.15) is 11.8 Å². The first kappa shape index (κ1) is 9.92. The van der Waals surface area contributed by atoms with E-state index in [0.717, 1.165) is 11.5 Å². The summed E-state index contributed by atoms with van der Waals surface area (Å²) in [6, 6.07) is 0. The Morgan fingerprint density at radius 2 is 2.00 bits per heavy atom. The Balaban J connectivity index is 3.01. The van der Waals surface area contributed by atoms with Crippen molar-refractivity contribution in [2.45, 2.75) is 0 Å². The second-order valence-corrected chi connectivity index (χ2v) is 3.45. The standard InChI is InChI=1S/C8H12S2/c1-3-6-10-8-5-7-9-4-2/h3-5,7H,1-2,6,8H2/b7-5+. The smallest absolute Gasteiger partial charge is 0.0124 e. The molecule has 2 heteroatoms. The minimum atomic E-state index is 1.03. The predicted octanol–water partition coefficient (Wildman–Crippen LogP) is 3.30. The van der Waals surface area contributed by atoms with E-state index in [4.69, 9.17) is 0 Å². The van der Waals surface area contributed by atoms with E-state index < -0.39 is 0 Å². The van der Waals surface area contributed by atoms with Gasteiger partial charge in [-0.05, 0) is 10.8 Å². The summed E-state index contributed by atoms with van der Waals surface area (Å²) < 4.78 is 0. The largest absolute Gasteiger partial charge is 0.154 e. The normalized spacial score (nSPS) is 10.0. The van der Waals surface area contributed by atoms with Crippen LogP contribution in [-0.4, -0.2) is 11.5 Å². The Labute approximate surface area is 71.5 Å².